The summed E-state index contributed by atoms with van der Waals surface area (Å²) in [5.41, 5.74) is 3.90. The third-order valence-corrected chi connectivity index (χ3v) is 4.89. The van der Waals surface area contributed by atoms with Crippen molar-refractivity contribution in [3.8, 4) is 0 Å². The van der Waals surface area contributed by atoms with Crippen molar-refractivity contribution in [1.29, 1.82) is 0 Å². The van der Waals surface area contributed by atoms with Gasteiger partial charge in [0.05, 0.1) is 0 Å². The third kappa shape index (κ3) is 3.83. The minimum absolute atomic E-state index is 0.273. The van der Waals surface area contributed by atoms with Gasteiger partial charge in [0, 0.05) is 35.7 Å². The highest BCUT2D eigenvalue weighted by Crippen LogP contribution is 2.25. The molecule has 1 aromatic carbocycles. The maximum Gasteiger partial charge on any atom is 0.265 e. The van der Waals surface area contributed by atoms with Crippen molar-refractivity contribution >= 4 is 21.8 Å². The number of likely N-dealkylation sites (N-methyl/N-ethyl adjacent to an activating group) is 1. The van der Waals surface area contributed by atoms with Gasteiger partial charge in [0.25, 0.3) is 5.91 Å². The minimum Gasteiger partial charge on any atom is -0.305 e. The highest BCUT2D eigenvalue weighted by Gasteiger charge is 2.30. The zero-order valence-corrected chi connectivity index (χ0v) is 14.4. The average Bonchev–Trinajstić information content (AvgIpc) is 2.81. The summed E-state index contributed by atoms with van der Waals surface area (Å²) in [6.45, 7) is 5.36. The van der Waals surface area contributed by atoms with E-state index in [2.05, 4.69) is 52.2 Å². The molecule has 1 aliphatic heterocycles. The van der Waals surface area contributed by atoms with Crippen LogP contribution in [0.1, 0.15) is 22.8 Å². The Morgan fingerprint density at radius 1 is 1.48 bits per heavy atom. The van der Waals surface area contributed by atoms with Gasteiger partial charge in [-0.1, -0.05) is 28.9 Å². The monoisotopic (exact) mass is 354 g/mol. The molecule has 0 saturated carbocycles. The van der Waals surface area contributed by atoms with Gasteiger partial charge in [0.15, 0.2) is 0 Å². The quantitative estimate of drug-likeness (QED) is 0.487. The lowest BCUT2D eigenvalue weighted by atomic mass is 10.1. The van der Waals surface area contributed by atoms with Crippen molar-refractivity contribution in [1.82, 2.24) is 15.2 Å². The molecule has 116 valence electrons. The number of nitrogens with two attached hydrogens (primary N) is 1. The van der Waals surface area contributed by atoms with Crippen LogP contribution in [0.25, 0.3) is 0 Å². The van der Waals surface area contributed by atoms with E-state index >= 15 is 0 Å². The number of rotatable bonds is 4. The van der Waals surface area contributed by atoms with Crippen LogP contribution in [0.5, 0.6) is 0 Å². The lowest BCUT2D eigenvalue weighted by molar-refractivity contribution is 0.0953. The molecule has 0 bridgehead atoms. The summed E-state index contributed by atoms with van der Waals surface area (Å²) in [6.07, 6.45) is 0. The second-order valence-corrected chi connectivity index (χ2v) is 6.84. The maximum atomic E-state index is 11.5. The van der Waals surface area contributed by atoms with Crippen LogP contribution in [-0.4, -0.2) is 48.9 Å². The first-order valence-electron chi connectivity index (χ1n) is 7.10. The fourth-order valence-electron chi connectivity index (χ4n) is 2.99. The van der Waals surface area contributed by atoms with Crippen molar-refractivity contribution < 1.29 is 4.79 Å². The molecule has 1 saturated heterocycles. The Hall–Kier alpha value is -0.950. The first-order valence-corrected chi connectivity index (χ1v) is 7.89. The SMILES string of the molecule is CC1CN(Cc2ccc(C(=O)NN)cc2Br)CC1N(C)C. The fraction of sp³-hybridized carbons (Fsp3) is 0.533. The molecule has 3 N–H and O–H groups in total. The second kappa shape index (κ2) is 6.87. The minimum atomic E-state index is -0.273. The lowest BCUT2D eigenvalue weighted by Crippen LogP contribution is -2.34. The molecule has 1 aliphatic rings. The number of amides is 1. The fourth-order valence-corrected chi connectivity index (χ4v) is 3.49. The molecule has 2 atom stereocenters. The van der Waals surface area contributed by atoms with Crippen LogP contribution in [0.2, 0.25) is 0 Å². The molecule has 5 nitrogen and oxygen atoms in total. The number of hydrazine groups is 1. The summed E-state index contributed by atoms with van der Waals surface area (Å²) >= 11 is 3.55. The van der Waals surface area contributed by atoms with E-state index in [1.165, 1.54) is 5.56 Å². The maximum absolute atomic E-state index is 11.5. The zero-order valence-electron chi connectivity index (χ0n) is 12.8. The van der Waals surface area contributed by atoms with Gasteiger partial charge < -0.3 is 4.90 Å². The van der Waals surface area contributed by atoms with Gasteiger partial charge >= 0.3 is 0 Å². The van der Waals surface area contributed by atoms with E-state index in [-0.39, 0.29) is 5.91 Å². The van der Waals surface area contributed by atoms with Crippen LogP contribution in [0.4, 0.5) is 0 Å². The number of nitrogens with one attached hydrogen (secondary N) is 1. The van der Waals surface area contributed by atoms with Gasteiger partial charge in [-0.2, -0.15) is 0 Å². The molecule has 1 amide bonds. The van der Waals surface area contributed by atoms with E-state index < -0.39 is 0 Å². The van der Waals surface area contributed by atoms with E-state index in [0.717, 1.165) is 24.1 Å². The first kappa shape index (κ1) is 16.4. The summed E-state index contributed by atoms with van der Waals surface area (Å²) in [6, 6.07) is 6.22. The van der Waals surface area contributed by atoms with Crippen molar-refractivity contribution in [2.24, 2.45) is 11.8 Å². The molecule has 2 unspecified atom stereocenters. The number of hydrogen-bond acceptors (Lipinski definition) is 4. The van der Waals surface area contributed by atoms with Gasteiger partial charge in [0.2, 0.25) is 0 Å². The Balaban J connectivity index is 2.06. The number of benzene rings is 1. The molecule has 2 rings (SSSR count). The van der Waals surface area contributed by atoms with Crippen LogP contribution in [0.15, 0.2) is 22.7 Å². The van der Waals surface area contributed by atoms with Gasteiger partial charge in [0.1, 0.15) is 0 Å². The zero-order chi connectivity index (χ0) is 15.6. The molecule has 0 aromatic heterocycles. The lowest BCUT2D eigenvalue weighted by Gasteiger charge is -2.22. The molecule has 0 aliphatic carbocycles. The molecular weight excluding hydrogens is 332 g/mol. The molecule has 1 heterocycles. The Morgan fingerprint density at radius 3 is 2.71 bits per heavy atom. The highest BCUT2D eigenvalue weighted by molar-refractivity contribution is 9.10. The largest absolute Gasteiger partial charge is 0.305 e. The number of nitrogen functional groups attached to an aromatic ring is 1. The van der Waals surface area contributed by atoms with Gasteiger partial charge in [-0.15, -0.1) is 0 Å². The number of likely N-dealkylation sites (tertiary alicyclic amines) is 1. The smallest absolute Gasteiger partial charge is 0.265 e. The molecule has 1 fully saturated rings. The van der Waals surface area contributed by atoms with E-state index in [9.17, 15) is 4.79 Å². The average molecular weight is 355 g/mol. The van der Waals surface area contributed by atoms with E-state index in [1.807, 2.05) is 18.2 Å². The Kier molecular flexibility index (Phi) is 5.37. The van der Waals surface area contributed by atoms with E-state index in [1.54, 1.807) is 0 Å². The van der Waals surface area contributed by atoms with Crippen LogP contribution in [0.3, 0.4) is 0 Å². The van der Waals surface area contributed by atoms with Crippen LogP contribution < -0.4 is 11.3 Å². The predicted molar refractivity (Wildman–Crippen MR) is 87.7 cm³/mol. The summed E-state index contributed by atoms with van der Waals surface area (Å²) in [5, 5.41) is 0. The van der Waals surface area contributed by atoms with E-state index in [4.69, 9.17) is 5.84 Å². The number of hydrogen-bond donors (Lipinski definition) is 2. The third-order valence-electron chi connectivity index (χ3n) is 4.15. The number of halogens is 1. The summed E-state index contributed by atoms with van der Waals surface area (Å²) in [5.74, 6) is 5.55. The van der Waals surface area contributed by atoms with Crippen molar-refractivity contribution in [2.45, 2.75) is 19.5 Å². The van der Waals surface area contributed by atoms with E-state index in [0.29, 0.717) is 17.5 Å². The molecule has 0 radical (unpaired) electrons. The highest BCUT2D eigenvalue weighted by atomic mass is 79.9. The van der Waals surface area contributed by atoms with Crippen molar-refractivity contribution in [2.75, 3.05) is 27.2 Å². The van der Waals surface area contributed by atoms with Gasteiger partial charge in [-0.25, -0.2) is 5.84 Å². The van der Waals surface area contributed by atoms with Crippen molar-refractivity contribution in [3.63, 3.8) is 0 Å². The molecule has 21 heavy (non-hydrogen) atoms. The van der Waals surface area contributed by atoms with Crippen LogP contribution >= 0.6 is 15.9 Å². The molecule has 6 heteroatoms. The summed E-state index contributed by atoms with van der Waals surface area (Å²) < 4.78 is 0.949. The number of carbonyl (C=O) groups is 1. The number of carbonyl (C=O) groups excluding carboxylic acids is 1. The first-order chi connectivity index (χ1) is 9.92. The normalized spacial score (nSPS) is 22.8. The van der Waals surface area contributed by atoms with Crippen LogP contribution in [-0.2, 0) is 6.54 Å². The van der Waals surface area contributed by atoms with Gasteiger partial charge in [-0.05, 0) is 37.7 Å². The van der Waals surface area contributed by atoms with Crippen molar-refractivity contribution in [3.05, 3.63) is 33.8 Å². The topological polar surface area (TPSA) is 61.6 Å². The molecular formula is C15H23BrN4O. The second-order valence-electron chi connectivity index (χ2n) is 5.98. The molecule has 1 aromatic rings. The predicted octanol–water partition coefficient (Wildman–Crippen LogP) is 1.43. The molecule has 0 spiro atoms. The van der Waals surface area contributed by atoms with Gasteiger partial charge in [-0.3, -0.25) is 15.1 Å². The summed E-state index contributed by atoms with van der Waals surface area (Å²) in [4.78, 5) is 16.3. The Morgan fingerprint density at radius 2 is 2.19 bits per heavy atom. The Labute approximate surface area is 134 Å². The van der Waals surface area contributed by atoms with Crippen LogP contribution in [0, 0.1) is 5.92 Å². The Bertz CT molecular complexity index is 520. The number of nitrogens with zero attached hydrogens (tertiary/aromatic N) is 2. The summed E-state index contributed by atoms with van der Waals surface area (Å²) in [7, 11) is 4.28. The standard InChI is InChI=1S/C15H23BrN4O/c1-10-7-20(9-14(10)19(2)3)8-12-5-4-11(6-13(12)16)15(21)18-17/h4-6,10,14H,7-9,17H2,1-3H3,(H,18,21).